The van der Waals surface area contributed by atoms with Crippen molar-refractivity contribution in [2.24, 2.45) is 0 Å². The van der Waals surface area contributed by atoms with Crippen molar-refractivity contribution in [3.8, 4) is 5.75 Å². The lowest BCUT2D eigenvalue weighted by molar-refractivity contribution is -0.273. The molecule has 15 heteroatoms. The normalized spacial score (nSPS) is 22.8. The third kappa shape index (κ3) is 10.8. The third-order valence-electron chi connectivity index (χ3n) is 7.38. The molecule has 3 rings (SSSR count). The molecular weight excluding hydrogens is 594 g/mol. The van der Waals surface area contributed by atoms with E-state index in [-0.39, 0.29) is 30.1 Å². The highest BCUT2D eigenvalue weighted by Gasteiger charge is 2.45. The number of aryl methyl sites for hydroxylation is 1. The van der Waals surface area contributed by atoms with Gasteiger partial charge in [0.2, 0.25) is 12.2 Å². The van der Waals surface area contributed by atoms with Crippen LogP contribution in [0.25, 0.3) is 0 Å². The molecule has 0 bridgehead atoms. The standard InChI is InChI=1S/C30H41N3O12/c1-31-30(42)43-17-19-10-9-18(15-20(19)44-29-28(41)27(40)26(39)21(45-29)16-25(37)38)7-4-5-13-32-22(34)8-3-2-6-14-33-23(35)11-12-24(33)36/h9-12,15,21,26-29,39-41H,2-8,13-14,16-17H2,1H3,(H,31,42)(H,32,34)(H,37,38)/t21-,26-,27+,28-,29-/m1/s1. The minimum Gasteiger partial charge on any atom is -0.481 e. The summed E-state index contributed by atoms with van der Waals surface area (Å²) in [4.78, 5) is 59.2. The summed E-state index contributed by atoms with van der Waals surface area (Å²) in [7, 11) is 1.40. The van der Waals surface area contributed by atoms with Crippen molar-refractivity contribution in [2.75, 3.05) is 20.1 Å². The predicted octanol–water partition coefficient (Wildman–Crippen LogP) is 0.128. The molecule has 1 fully saturated rings. The topological polar surface area (TPSA) is 221 Å². The van der Waals surface area contributed by atoms with Gasteiger partial charge in [0, 0.05) is 44.3 Å². The Morgan fingerprint density at radius 1 is 0.956 bits per heavy atom. The predicted molar refractivity (Wildman–Crippen MR) is 156 cm³/mol. The number of carbonyl (C=O) groups is 5. The lowest BCUT2D eigenvalue weighted by Crippen LogP contribution is -2.59. The quantitative estimate of drug-likeness (QED) is 0.0993. The molecule has 5 atom stereocenters. The third-order valence-corrected chi connectivity index (χ3v) is 7.38. The molecule has 15 nitrogen and oxygen atoms in total. The molecule has 1 saturated heterocycles. The Morgan fingerprint density at radius 3 is 2.38 bits per heavy atom. The summed E-state index contributed by atoms with van der Waals surface area (Å²) in [5, 5.41) is 45.2. The van der Waals surface area contributed by atoms with Crippen molar-refractivity contribution in [1.82, 2.24) is 15.5 Å². The fourth-order valence-corrected chi connectivity index (χ4v) is 4.83. The van der Waals surface area contributed by atoms with Crippen LogP contribution in [0, 0.1) is 0 Å². The number of imide groups is 1. The highest BCUT2D eigenvalue weighted by atomic mass is 16.7. The summed E-state index contributed by atoms with van der Waals surface area (Å²) in [6.45, 7) is 0.612. The molecule has 2 aliphatic rings. The lowest BCUT2D eigenvalue weighted by Gasteiger charge is -2.40. The number of carboxylic acid groups (broad SMARTS) is 1. The number of aliphatic hydroxyl groups is 3. The number of hydrogen-bond donors (Lipinski definition) is 6. The smallest absolute Gasteiger partial charge is 0.407 e. The second-order valence-electron chi connectivity index (χ2n) is 10.8. The summed E-state index contributed by atoms with van der Waals surface area (Å²) in [5.74, 6) is -1.81. The van der Waals surface area contributed by atoms with E-state index in [1.165, 1.54) is 24.1 Å². The Morgan fingerprint density at radius 2 is 1.69 bits per heavy atom. The molecule has 2 aliphatic heterocycles. The maximum atomic E-state index is 12.2. The van der Waals surface area contributed by atoms with Crippen LogP contribution in [0.4, 0.5) is 4.79 Å². The number of aliphatic hydroxyl groups excluding tert-OH is 3. The maximum absolute atomic E-state index is 12.2. The van der Waals surface area contributed by atoms with Gasteiger partial charge in [0.1, 0.15) is 36.8 Å². The van der Waals surface area contributed by atoms with E-state index < -0.39 is 49.2 Å². The van der Waals surface area contributed by atoms with Crippen molar-refractivity contribution in [3.63, 3.8) is 0 Å². The molecule has 0 spiro atoms. The van der Waals surface area contributed by atoms with E-state index in [1.807, 2.05) is 0 Å². The van der Waals surface area contributed by atoms with E-state index in [2.05, 4.69) is 10.6 Å². The highest BCUT2D eigenvalue weighted by molar-refractivity contribution is 6.12. The van der Waals surface area contributed by atoms with Gasteiger partial charge in [-0.2, -0.15) is 0 Å². The Hall–Kier alpha value is -4.05. The monoisotopic (exact) mass is 635 g/mol. The summed E-state index contributed by atoms with van der Waals surface area (Å²) in [6.07, 6.45) is -2.43. The maximum Gasteiger partial charge on any atom is 0.407 e. The van der Waals surface area contributed by atoms with Crippen molar-refractivity contribution in [2.45, 2.75) is 88.7 Å². The van der Waals surface area contributed by atoms with Crippen LogP contribution in [-0.4, -0.2) is 106 Å². The first-order valence-corrected chi connectivity index (χ1v) is 14.8. The second-order valence-corrected chi connectivity index (χ2v) is 10.8. The van der Waals surface area contributed by atoms with Crippen LogP contribution in [-0.2, 0) is 41.7 Å². The number of aliphatic carboxylic acids is 1. The Labute approximate surface area is 260 Å². The fourth-order valence-electron chi connectivity index (χ4n) is 4.83. The molecule has 45 heavy (non-hydrogen) atoms. The first kappa shape index (κ1) is 35.4. The van der Waals surface area contributed by atoms with Gasteiger partial charge in [-0.3, -0.25) is 24.1 Å². The number of carboxylic acids is 1. The molecule has 2 heterocycles. The molecule has 1 aromatic rings. The number of amides is 4. The van der Waals surface area contributed by atoms with Gasteiger partial charge in [0.05, 0.1) is 6.42 Å². The molecular formula is C30H41N3O12. The van der Waals surface area contributed by atoms with Crippen molar-refractivity contribution in [1.29, 1.82) is 0 Å². The molecule has 0 aliphatic carbocycles. The van der Waals surface area contributed by atoms with Crippen LogP contribution in [0.1, 0.15) is 56.1 Å². The molecule has 0 saturated carbocycles. The van der Waals surface area contributed by atoms with Gasteiger partial charge >= 0.3 is 12.1 Å². The van der Waals surface area contributed by atoms with Crippen LogP contribution >= 0.6 is 0 Å². The van der Waals surface area contributed by atoms with E-state index in [4.69, 9.17) is 19.3 Å². The molecule has 4 amide bonds. The van der Waals surface area contributed by atoms with Crippen molar-refractivity contribution >= 4 is 29.8 Å². The summed E-state index contributed by atoms with van der Waals surface area (Å²) < 4.78 is 16.5. The zero-order chi connectivity index (χ0) is 32.9. The number of carbonyl (C=O) groups excluding carboxylic acids is 4. The average Bonchev–Trinajstić information content (AvgIpc) is 3.33. The first-order chi connectivity index (χ1) is 21.5. The number of rotatable bonds is 17. The van der Waals surface area contributed by atoms with Crippen LogP contribution in [0.5, 0.6) is 5.75 Å². The molecule has 6 N–H and O–H groups in total. The molecule has 0 unspecified atom stereocenters. The fraction of sp³-hybridized carbons (Fsp3) is 0.567. The van der Waals surface area contributed by atoms with E-state index in [0.717, 1.165) is 5.56 Å². The van der Waals surface area contributed by atoms with Crippen LogP contribution in [0.2, 0.25) is 0 Å². The van der Waals surface area contributed by atoms with E-state index in [1.54, 1.807) is 18.2 Å². The van der Waals surface area contributed by atoms with Gasteiger partial charge in [-0.15, -0.1) is 0 Å². The number of nitrogens with zero attached hydrogens (tertiary/aromatic N) is 1. The second kappa shape index (κ2) is 17.4. The van der Waals surface area contributed by atoms with Gasteiger partial charge in [0.25, 0.3) is 11.8 Å². The Balaban J connectivity index is 1.47. The number of alkyl carbamates (subject to hydrolysis) is 1. The number of nitrogens with one attached hydrogen (secondary N) is 2. The van der Waals surface area contributed by atoms with Gasteiger partial charge in [-0.1, -0.05) is 18.6 Å². The summed E-state index contributed by atoms with van der Waals surface area (Å²) >= 11 is 0. The van der Waals surface area contributed by atoms with Crippen LogP contribution in [0.3, 0.4) is 0 Å². The van der Waals surface area contributed by atoms with E-state index in [0.29, 0.717) is 63.6 Å². The lowest BCUT2D eigenvalue weighted by atomic mass is 9.97. The molecule has 248 valence electrons. The highest BCUT2D eigenvalue weighted by Crippen LogP contribution is 2.29. The zero-order valence-corrected chi connectivity index (χ0v) is 25.1. The number of benzene rings is 1. The first-order valence-electron chi connectivity index (χ1n) is 14.8. The van der Waals surface area contributed by atoms with Gasteiger partial charge < -0.3 is 45.3 Å². The minimum absolute atomic E-state index is 0.0827. The summed E-state index contributed by atoms with van der Waals surface area (Å²) in [5.41, 5.74) is 1.23. The SMILES string of the molecule is CNC(=O)OCc1ccc(CCCCNC(=O)CCCCCN2C(=O)C=CC2=O)cc1O[C@@H]1O[C@H](CC(=O)O)[C@@H](O)[C@H](O)[C@H]1O. The van der Waals surface area contributed by atoms with Gasteiger partial charge in [-0.05, 0) is 43.7 Å². The van der Waals surface area contributed by atoms with Crippen molar-refractivity contribution in [3.05, 3.63) is 41.5 Å². The van der Waals surface area contributed by atoms with Crippen molar-refractivity contribution < 1.29 is 58.6 Å². The number of unbranched alkanes of at least 4 members (excludes halogenated alkanes) is 3. The zero-order valence-electron chi connectivity index (χ0n) is 25.1. The van der Waals surface area contributed by atoms with Crippen LogP contribution < -0.4 is 15.4 Å². The van der Waals surface area contributed by atoms with E-state index >= 15 is 0 Å². The minimum atomic E-state index is -1.72. The van der Waals surface area contributed by atoms with E-state index in [9.17, 15) is 39.3 Å². The largest absolute Gasteiger partial charge is 0.481 e. The molecule has 0 aromatic heterocycles. The Bertz CT molecular complexity index is 1220. The van der Waals surface area contributed by atoms with Gasteiger partial charge in [0.15, 0.2) is 0 Å². The summed E-state index contributed by atoms with van der Waals surface area (Å²) in [6, 6.07) is 5.12. The number of hydrogen-bond acceptors (Lipinski definition) is 11. The average molecular weight is 636 g/mol. The van der Waals surface area contributed by atoms with Crippen LogP contribution in [0.15, 0.2) is 30.4 Å². The molecule has 1 aromatic carbocycles. The van der Waals surface area contributed by atoms with Gasteiger partial charge in [-0.25, -0.2) is 4.79 Å². The Kier molecular flexibility index (Phi) is 13.7. The number of ether oxygens (including phenoxy) is 3. The molecule has 0 radical (unpaired) electrons.